The van der Waals surface area contributed by atoms with E-state index in [1.54, 1.807) is 46.8 Å². The number of carbonyl (C=O) groups is 4. The number of ether oxygens (including phenoxy) is 3. The van der Waals surface area contributed by atoms with E-state index < -0.39 is 47.6 Å². The average molecular weight is 492 g/mol. The van der Waals surface area contributed by atoms with Gasteiger partial charge in [-0.2, -0.15) is 0 Å². The van der Waals surface area contributed by atoms with E-state index in [9.17, 15) is 19.2 Å². The van der Waals surface area contributed by atoms with E-state index in [1.165, 1.54) is 7.11 Å². The lowest BCUT2D eigenvalue weighted by molar-refractivity contribution is -0.145. The topological polar surface area (TPSA) is 132 Å². The van der Waals surface area contributed by atoms with Gasteiger partial charge in [-0.15, -0.1) is 0 Å². The Morgan fingerprint density at radius 2 is 1.74 bits per heavy atom. The lowest BCUT2D eigenvalue weighted by atomic mass is 10.00. The zero-order chi connectivity index (χ0) is 26.2. The number of carbonyl (C=O) groups excluding carboxylic acids is 4. The molecule has 2 aliphatic heterocycles. The molecule has 2 aliphatic rings. The SMILES string of the molecule is COC(=O)[C@@H]1CCCOc2ccc(cc2)C[C@H](NC(=O)OC(C)(C)C)C(=O)N[C@@H](C(C)C)C(=O)N1. The number of fused-ring (bicyclic) bond motifs is 13. The Kier molecular flexibility index (Phi) is 9.91. The predicted molar refractivity (Wildman–Crippen MR) is 129 cm³/mol. The minimum atomic E-state index is -1.00. The van der Waals surface area contributed by atoms with Gasteiger partial charge in [0.2, 0.25) is 11.8 Å². The molecule has 0 fully saturated rings. The molecule has 0 aliphatic carbocycles. The van der Waals surface area contributed by atoms with Crippen molar-refractivity contribution < 1.29 is 33.4 Å². The summed E-state index contributed by atoms with van der Waals surface area (Å²) in [5.74, 6) is -1.31. The van der Waals surface area contributed by atoms with Crippen LogP contribution in [0.15, 0.2) is 24.3 Å². The first-order valence-corrected chi connectivity index (χ1v) is 11.8. The lowest BCUT2D eigenvalue weighted by Crippen LogP contribution is -2.58. The van der Waals surface area contributed by atoms with Gasteiger partial charge in [-0.3, -0.25) is 9.59 Å². The van der Waals surface area contributed by atoms with Crippen LogP contribution in [0.5, 0.6) is 5.75 Å². The van der Waals surface area contributed by atoms with Crippen LogP contribution in [-0.2, 0) is 30.3 Å². The Labute approximate surface area is 206 Å². The second kappa shape index (κ2) is 12.4. The van der Waals surface area contributed by atoms with Crippen LogP contribution in [0.25, 0.3) is 0 Å². The van der Waals surface area contributed by atoms with Crippen molar-refractivity contribution >= 4 is 23.9 Å². The number of hydrogen-bond donors (Lipinski definition) is 3. The number of methoxy groups -OCH3 is 1. The highest BCUT2D eigenvalue weighted by Crippen LogP contribution is 2.16. The molecule has 2 bridgehead atoms. The van der Waals surface area contributed by atoms with Crippen LogP contribution in [0.4, 0.5) is 4.79 Å². The Balaban J connectivity index is 2.36. The first kappa shape index (κ1) is 27.9. The summed E-state index contributed by atoms with van der Waals surface area (Å²) in [6, 6.07) is 4.34. The Hall–Kier alpha value is -3.30. The van der Waals surface area contributed by atoms with Crippen LogP contribution in [0, 0.1) is 5.92 Å². The van der Waals surface area contributed by atoms with Crippen molar-refractivity contribution in [3.8, 4) is 5.75 Å². The minimum absolute atomic E-state index is 0.169. The molecule has 0 spiro atoms. The highest BCUT2D eigenvalue weighted by molar-refractivity contribution is 5.93. The molecule has 3 atom stereocenters. The van der Waals surface area contributed by atoms with Crippen LogP contribution in [-0.4, -0.2) is 61.3 Å². The third-order valence-corrected chi connectivity index (χ3v) is 5.33. The summed E-state index contributed by atoms with van der Waals surface area (Å²) in [6.07, 6.45) is 0.228. The van der Waals surface area contributed by atoms with Crippen molar-refractivity contribution in [1.82, 2.24) is 16.0 Å². The van der Waals surface area contributed by atoms with Gasteiger partial charge in [-0.25, -0.2) is 9.59 Å². The standard InChI is InChI=1S/C25H37N3O7/c1-15(2)20-22(30)26-18(23(31)33-6)8-7-13-34-17-11-9-16(10-12-17)14-19(21(29)28-20)27-24(32)35-25(3,4)5/h9-12,15,18-20H,7-8,13-14H2,1-6H3,(H,26,30)(H,27,32)(H,28,29)/t18-,19-,20-/m0/s1. The average Bonchev–Trinajstić information content (AvgIpc) is 2.77. The molecule has 10 heteroatoms. The molecule has 1 aromatic rings. The lowest BCUT2D eigenvalue weighted by Gasteiger charge is -2.28. The van der Waals surface area contributed by atoms with E-state index >= 15 is 0 Å². The van der Waals surface area contributed by atoms with Gasteiger partial charge in [0.05, 0.1) is 13.7 Å². The van der Waals surface area contributed by atoms with Crippen LogP contribution in [0.1, 0.15) is 53.0 Å². The number of alkyl carbamates (subject to hydrolysis) is 1. The fourth-order valence-electron chi connectivity index (χ4n) is 3.54. The highest BCUT2D eigenvalue weighted by atomic mass is 16.6. The first-order valence-electron chi connectivity index (χ1n) is 11.8. The van der Waals surface area contributed by atoms with Crippen molar-refractivity contribution in [1.29, 1.82) is 0 Å². The summed E-state index contributed by atoms with van der Waals surface area (Å²) in [7, 11) is 1.25. The molecule has 35 heavy (non-hydrogen) atoms. The number of nitrogens with one attached hydrogen (secondary N) is 3. The molecule has 0 saturated carbocycles. The Bertz CT molecular complexity index is 893. The van der Waals surface area contributed by atoms with Crippen molar-refractivity contribution in [2.45, 2.75) is 77.6 Å². The van der Waals surface area contributed by atoms with Gasteiger partial charge in [0.25, 0.3) is 0 Å². The van der Waals surface area contributed by atoms with Crippen molar-refractivity contribution in [3.05, 3.63) is 29.8 Å². The van der Waals surface area contributed by atoms with Gasteiger partial charge < -0.3 is 30.2 Å². The minimum Gasteiger partial charge on any atom is -0.494 e. The van der Waals surface area contributed by atoms with E-state index in [0.29, 0.717) is 25.2 Å². The largest absolute Gasteiger partial charge is 0.494 e. The summed E-state index contributed by atoms with van der Waals surface area (Å²) in [5, 5.41) is 8.04. The number of amides is 3. The van der Waals surface area contributed by atoms with E-state index in [0.717, 1.165) is 5.56 Å². The highest BCUT2D eigenvalue weighted by Gasteiger charge is 2.32. The van der Waals surface area contributed by atoms with Crippen LogP contribution in [0.3, 0.4) is 0 Å². The smallest absolute Gasteiger partial charge is 0.408 e. The first-order chi connectivity index (χ1) is 16.4. The summed E-state index contributed by atoms with van der Waals surface area (Å²) in [6.45, 7) is 9.07. The zero-order valence-electron chi connectivity index (χ0n) is 21.3. The third kappa shape index (κ3) is 9.11. The van der Waals surface area contributed by atoms with Gasteiger partial charge in [0.15, 0.2) is 0 Å². The molecule has 0 saturated heterocycles. The molecule has 3 amide bonds. The zero-order valence-corrected chi connectivity index (χ0v) is 21.3. The van der Waals surface area contributed by atoms with Crippen LogP contribution in [0.2, 0.25) is 0 Å². The predicted octanol–water partition coefficient (Wildman–Crippen LogP) is 2.09. The van der Waals surface area contributed by atoms with E-state index in [4.69, 9.17) is 14.2 Å². The maximum atomic E-state index is 13.3. The van der Waals surface area contributed by atoms with E-state index in [1.807, 2.05) is 12.1 Å². The number of esters is 1. The van der Waals surface area contributed by atoms with Crippen molar-refractivity contribution in [2.75, 3.05) is 13.7 Å². The second-order valence-corrected chi connectivity index (χ2v) is 9.85. The molecule has 2 heterocycles. The molecule has 3 N–H and O–H groups in total. The second-order valence-electron chi connectivity index (χ2n) is 9.85. The maximum Gasteiger partial charge on any atom is 0.408 e. The molecule has 0 unspecified atom stereocenters. The van der Waals surface area contributed by atoms with Crippen LogP contribution >= 0.6 is 0 Å². The van der Waals surface area contributed by atoms with Crippen molar-refractivity contribution in [3.63, 3.8) is 0 Å². The van der Waals surface area contributed by atoms with Gasteiger partial charge in [-0.05, 0) is 57.2 Å². The summed E-state index contributed by atoms with van der Waals surface area (Å²) < 4.78 is 15.9. The normalized spacial score (nSPS) is 22.0. The van der Waals surface area contributed by atoms with Gasteiger partial charge in [0, 0.05) is 6.42 Å². The number of rotatable bonds is 3. The molecular weight excluding hydrogens is 454 g/mol. The molecule has 0 radical (unpaired) electrons. The Morgan fingerprint density at radius 1 is 1.09 bits per heavy atom. The van der Waals surface area contributed by atoms with E-state index in [2.05, 4.69) is 16.0 Å². The quantitative estimate of drug-likeness (QED) is 0.552. The molecule has 0 aromatic heterocycles. The van der Waals surface area contributed by atoms with Gasteiger partial charge >= 0.3 is 12.1 Å². The fourth-order valence-corrected chi connectivity index (χ4v) is 3.54. The third-order valence-electron chi connectivity index (χ3n) is 5.33. The van der Waals surface area contributed by atoms with Gasteiger partial charge in [-0.1, -0.05) is 26.0 Å². The summed E-state index contributed by atoms with van der Waals surface area (Å²) in [4.78, 5) is 51.0. The molecule has 194 valence electrons. The number of hydrogen-bond acceptors (Lipinski definition) is 7. The molecule has 1 aromatic carbocycles. The molecule has 3 rings (SSSR count). The maximum absolute atomic E-state index is 13.3. The fraction of sp³-hybridized carbons (Fsp3) is 0.600. The van der Waals surface area contributed by atoms with Gasteiger partial charge in [0.1, 0.15) is 29.5 Å². The summed E-state index contributed by atoms with van der Waals surface area (Å²) in [5.41, 5.74) is 0.0399. The van der Waals surface area contributed by atoms with Crippen LogP contribution < -0.4 is 20.7 Å². The molecule has 10 nitrogen and oxygen atoms in total. The number of benzene rings is 1. The van der Waals surface area contributed by atoms with Crippen molar-refractivity contribution in [2.24, 2.45) is 5.92 Å². The summed E-state index contributed by atoms with van der Waals surface area (Å²) >= 11 is 0. The monoisotopic (exact) mass is 491 g/mol. The molecular formula is C25H37N3O7. The Morgan fingerprint density at radius 3 is 2.31 bits per heavy atom. The van der Waals surface area contributed by atoms with E-state index in [-0.39, 0.29) is 12.3 Å².